The van der Waals surface area contributed by atoms with E-state index < -0.39 is 185 Å². The molecule has 4 bridgehead atoms. The molecule has 2 unspecified atom stereocenters. The van der Waals surface area contributed by atoms with E-state index in [4.69, 9.17) is 48.4 Å². The zero-order chi connectivity index (χ0) is 42.7. The highest BCUT2D eigenvalue weighted by molar-refractivity contribution is 6.01. The summed E-state index contributed by atoms with van der Waals surface area (Å²) < 4.78 is 52.3. The quantitative estimate of drug-likeness (QED) is 0.0680. The lowest BCUT2D eigenvalue weighted by Gasteiger charge is -2.57. The lowest BCUT2D eigenvalue weighted by molar-refractivity contribution is -0.433. The summed E-state index contributed by atoms with van der Waals surface area (Å²) in [6.07, 6.45) is -33.6. The maximum absolute atomic E-state index is 12.4. The zero-order valence-electron chi connectivity index (χ0n) is 31.5. The Morgan fingerprint density at radius 2 is 1.31 bits per heavy atom. The smallest absolute Gasteiger partial charge is 0.229 e. The Balaban J connectivity index is 1.11. The minimum Gasteiger partial charge on any atom is -0.394 e. The Bertz CT molecular complexity index is 1470. The monoisotopic (exact) mass is 858 g/mol. The van der Waals surface area contributed by atoms with E-state index in [0.29, 0.717) is 0 Å². The fourth-order valence-corrected chi connectivity index (χ4v) is 8.95. The van der Waals surface area contributed by atoms with Crippen molar-refractivity contribution < 1.29 is 113 Å². The molecule has 7 rings (SSSR count). The van der Waals surface area contributed by atoms with E-state index in [1.807, 2.05) is 0 Å². The Morgan fingerprint density at radius 1 is 0.712 bits per heavy atom. The summed E-state index contributed by atoms with van der Waals surface area (Å²) in [5, 5.41) is 131. The second-order valence-electron chi connectivity index (χ2n) is 16.0. The highest BCUT2D eigenvalue weighted by atomic mass is 16.8. The van der Waals surface area contributed by atoms with Crippen LogP contribution in [0.4, 0.5) is 0 Å². The Morgan fingerprint density at radius 3 is 1.93 bits per heavy atom. The maximum atomic E-state index is 12.4. The number of nitrogens with two attached hydrogens (primary N) is 1. The largest absolute Gasteiger partial charge is 0.394 e. The van der Waals surface area contributed by atoms with Crippen LogP contribution in [0.15, 0.2) is 0 Å². The van der Waals surface area contributed by atoms with Gasteiger partial charge >= 0.3 is 0 Å². The van der Waals surface area contributed by atoms with E-state index in [2.05, 4.69) is 0 Å². The van der Waals surface area contributed by atoms with Gasteiger partial charge in [0.05, 0.1) is 45.2 Å². The number of amides is 2. The van der Waals surface area contributed by atoms with Crippen molar-refractivity contribution >= 4 is 11.8 Å². The van der Waals surface area contributed by atoms with Gasteiger partial charge in [-0.15, -0.1) is 0 Å². The Kier molecular flexibility index (Phi) is 13.7. The SMILES string of the molecule is NCC(O)C[C@@]1(O[C@@H]2[C@H]3OC[C@@H]2O[C@@H](O[C@@H]2[C@@H](O)[C@H](O[C@@H]4[C@H]5OC[C@@H]4O[C@@H](O)[C@H]5O)O[C@H](CO)[C@H]2O)[C@H]3O)O[C@H](CO)[C@H](O)[C@H](O)[C@]1(O)CC(O)CN1C(=O)CCC1=O. The molecule has 0 aliphatic carbocycles. The molecule has 59 heavy (non-hydrogen) atoms. The molecule has 14 N–H and O–H groups in total. The van der Waals surface area contributed by atoms with Crippen LogP contribution in [0.1, 0.15) is 25.7 Å². The van der Waals surface area contributed by atoms with Crippen LogP contribution in [0, 0.1) is 0 Å². The molecule has 7 saturated heterocycles. The molecule has 7 fully saturated rings. The summed E-state index contributed by atoms with van der Waals surface area (Å²) >= 11 is 0. The number of hydrogen-bond acceptors (Lipinski definition) is 24. The van der Waals surface area contributed by atoms with Crippen LogP contribution >= 0.6 is 0 Å². The molecule has 25 nitrogen and oxygen atoms in total. The summed E-state index contributed by atoms with van der Waals surface area (Å²) in [6, 6.07) is 0. The van der Waals surface area contributed by atoms with Crippen LogP contribution < -0.4 is 5.73 Å². The van der Waals surface area contributed by atoms with Crippen molar-refractivity contribution in [3.05, 3.63) is 0 Å². The third-order valence-corrected chi connectivity index (χ3v) is 12.1. The molecule has 22 atom stereocenters. The van der Waals surface area contributed by atoms with Gasteiger partial charge in [0.2, 0.25) is 17.6 Å². The minimum absolute atomic E-state index is 0.0807. The number of aliphatic hydroxyl groups excluding tert-OH is 11. The molecular formula is C34H54N2O23. The van der Waals surface area contributed by atoms with Crippen molar-refractivity contribution in [2.75, 3.05) is 39.5 Å². The molecule has 7 heterocycles. The molecular weight excluding hydrogens is 804 g/mol. The van der Waals surface area contributed by atoms with Gasteiger partial charge < -0.3 is 110 Å². The van der Waals surface area contributed by atoms with E-state index >= 15 is 0 Å². The van der Waals surface area contributed by atoms with Crippen LogP contribution in [0.25, 0.3) is 0 Å². The zero-order valence-corrected chi connectivity index (χ0v) is 31.5. The van der Waals surface area contributed by atoms with Gasteiger partial charge in [-0.1, -0.05) is 0 Å². The third kappa shape index (κ3) is 8.18. The molecule has 2 amide bonds. The molecule has 7 aliphatic rings. The van der Waals surface area contributed by atoms with Gasteiger partial charge in [-0.2, -0.15) is 0 Å². The standard InChI is InChI=1S/C34H54N2O23/c35-5-11(39)4-34(33(50,29(48)20(44)14(8-38)58-34)3-12(40)6-36-17(41)1-2-18(36)42)59-25-16-10-52-28(25)23(47)32(55-16)57-26-19(43)13(7-37)54-31(22(26)46)56-24-15-9-51-27(24)21(45)30(49)53-15/h11-16,19-32,37-40,43-50H,1-10,35H2/t11?,12?,13-,14-,15+,16+,19-,20+,21+,22-,23+,24+,25+,26+,27+,28+,29+,30-,31+,32+,33-,34+/m1/s1. The topological polar surface area (TPSA) is 389 Å². The molecule has 25 heteroatoms. The number of fused-ring (bicyclic) bond motifs is 4. The van der Waals surface area contributed by atoms with E-state index in [-0.39, 0.29) is 26.1 Å². The number of carbonyl (C=O) groups is 2. The van der Waals surface area contributed by atoms with Gasteiger partial charge in [0.15, 0.2) is 18.9 Å². The fourth-order valence-electron chi connectivity index (χ4n) is 8.95. The Hall–Kier alpha value is -1.74. The summed E-state index contributed by atoms with van der Waals surface area (Å²) in [7, 11) is 0. The number of ether oxygens (including phenoxy) is 9. The Labute approximate surface area is 335 Å². The average molecular weight is 859 g/mol. The summed E-state index contributed by atoms with van der Waals surface area (Å²) in [5.74, 6) is -3.90. The number of hydrogen-bond donors (Lipinski definition) is 13. The second kappa shape index (κ2) is 17.8. The predicted molar refractivity (Wildman–Crippen MR) is 181 cm³/mol. The molecule has 0 aromatic carbocycles. The van der Waals surface area contributed by atoms with Crippen LogP contribution in [0.2, 0.25) is 0 Å². The van der Waals surface area contributed by atoms with Crippen LogP contribution in [-0.4, -0.2) is 252 Å². The highest BCUT2D eigenvalue weighted by Gasteiger charge is 2.68. The van der Waals surface area contributed by atoms with E-state index in [1.165, 1.54) is 0 Å². The lowest BCUT2D eigenvalue weighted by Crippen LogP contribution is -2.76. The first-order chi connectivity index (χ1) is 28.0. The second-order valence-corrected chi connectivity index (χ2v) is 16.0. The van der Waals surface area contributed by atoms with Crippen molar-refractivity contribution in [1.29, 1.82) is 0 Å². The summed E-state index contributed by atoms with van der Waals surface area (Å²) in [6.45, 7) is -3.29. The molecule has 7 aliphatic heterocycles. The molecule has 0 saturated carbocycles. The van der Waals surface area contributed by atoms with Gasteiger partial charge in [-0.25, -0.2) is 0 Å². The first-order valence-corrected chi connectivity index (χ1v) is 19.4. The molecule has 0 aromatic heterocycles. The van der Waals surface area contributed by atoms with E-state index in [0.717, 1.165) is 4.90 Å². The first kappa shape index (κ1) is 45.3. The van der Waals surface area contributed by atoms with Gasteiger partial charge in [0, 0.05) is 32.2 Å². The average Bonchev–Trinajstić information content (AvgIpc) is 3.81. The number of aliphatic hydroxyl groups is 12. The van der Waals surface area contributed by atoms with Crippen molar-refractivity contribution in [2.24, 2.45) is 5.73 Å². The highest BCUT2D eigenvalue weighted by Crippen LogP contribution is 2.48. The number of nitrogens with zero attached hydrogens (tertiary/aromatic N) is 1. The van der Waals surface area contributed by atoms with Gasteiger partial charge in [-0.05, 0) is 0 Å². The summed E-state index contributed by atoms with van der Waals surface area (Å²) in [5.41, 5.74) is 2.81. The number of likely N-dealkylation sites (tertiary alicyclic amines) is 1. The molecule has 338 valence electrons. The van der Waals surface area contributed by atoms with Crippen molar-refractivity contribution in [2.45, 2.75) is 160 Å². The van der Waals surface area contributed by atoms with E-state index in [9.17, 15) is 70.9 Å². The van der Waals surface area contributed by atoms with Gasteiger partial charge in [0.1, 0.15) is 97.2 Å². The van der Waals surface area contributed by atoms with Crippen LogP contribution in [0.5, 0.6) is 0 Å². The van der Waals surface area contributed by atoms with E-state index in [1.54, 1.807) is 0 Å². The lowest BCUT2D eigenvalue weighted by atomic mass is 9.73. The number of carbonyl (C=O) groups excluding carboxylic acids is 2. The normalized spacial score (nSPS) is 49.7. The molecule has 0 spiro atoms. The number of imide groups is 1. The van der Waals surface area contributed by atoms with Crippen molar-refractivity contribution in [3.8, 4) is 0 Å². The fraction of sp³-hybridized carbons (Fsp3) is 0.941. The number of β-amino-alcohol motifs (C(OH)–C–C–N with tert-alkyl or cyclic N) is 1. The summed E-state index contributed by atoms with van der Waals surface area (Å²) in [4.78, 5) is 25.4. The van der Waals surface area contributed by atoms with Crippen LogP contribution in [-0.2, 0) is 52.2 Å². The van der Waals surface area contributed by atoms with Crippen molar-refractivity contribution in [3.63, 3.8) is 0 Å². The molecule has 0 aromatic rings. The maximum Gasteiger partial charge on any atom is 0.229 e. The third-order valence-electron chi connectivity index (χ3n) is 12.1. The predicted octanol–water partition coefficient (Wildman–Crippen LogP) is -9.31. The minimum atomic E-state index is -2.91. The number of rotatable bonds is 15. The van der Waals surface area contributed by atoms with Crippen LogP contribution in [0.3, 0.4) is 0 Å². The molecule has 0 radical (unpaired) electrons. The van der Waals surface area contributed by atoms with Crippen molar-refractivity contribution in [1.82, 2.24) is 4.90 Å². The first-order valence-electron chi connectivity index (χ1n) is 19.4. The van der Waals surface area contributed by atoms with Gasteiger partial charge in [0.25, 0.3) is 0 Å². The van der Waals surface area contributed by atoms with Gasteiger partial charge in [-0.3, -0.25) is 14.5 Å².